The lowest BCUT2D eigenvalue weighted by atomic mass is 10.1. The first-order valence-electron chi connectivity index (χ1n) is 14.7. The van der Waals surface area contributed by atoms with Gasteiger partial charge in [0.25, 0.3) is 0 Å². The minimum atomic E-state index is -4.35. The van der Waals surface area contributed by atoms with E-state index in [2.05, 4.69) is 14.8 Å². The molecular formula is C32H32F3N5O5. The molecule has 0 amide bonds. The van der Waals surface area contributed by atoms with Crippen LogP contribution in [0.4, 0.5) is 24.7 Å². The number of alkyl halides is 3. The fourth-order valence-corrected chi connectivity index (χ4v) is 5.39. The van der Waals surface area contributed by atoms with E-state index < -0.39 is 16.7 Å². The predicted molar refractivity (Wildman–Crippen MR) is 160 cm³/mol. The number of ether oxygens (including phenoxy) is 3. The van der Waals surface area contributed by atoms with Gasteiger partial charge in [-0.25, -0.2) is 0 Å². The van der Waals surface area contributed by atoms with Crippen LogP contribution in [-0.4, -0.2) is 58.3 Å². The number of rotatable bonds is 10. The summed E-state index contributed by atoms with van der Waals surface area (Å²) in [5, 5.41) is 11.0. The second-order valence-corrected chi connectivity index (χ2v) is 11.1. The molecule has 0 unspecified atom stereocenters. The Morgan fingerprint density at radius 1 is 0.911 bits per heavy atom. The normalized spacial score (nSPS) is 17.0. The summed E-state index contributed by atoms with van der Waals surface area (Å²) >= 11 is 0. The van der Waals surface area contributed by atoms with Crippen molar-refractivity contribution in [2.45, 2.75) is 38.4 Å². The van der Waals surface area contributed by atoms with E-state index in [1.807, 2.05) is 48.5 Å². The van der Waals surface area contributed by atoms with Crippen LogP contribution < -0.4 is 19.1 Å². The lowest BCUT2D eigenvalue weighted by Crippen LogP contribution is -2.45. The van der Waals surface area contributed by atoms with Gasteiger partial charge in [0.15, 0.2) is 0 Å². The second kappa shape index (κ2) is 13.1. The molecule has 0 aliphatic carbocycles. The third kappa shape index (κ3) is 7.66. The largest absolute Gasteiger partial charge is 0.490 e. The molecule has 3 aromatic carbocycles. The monoisotopic (exact) mass is 623 g/mol. The van der Waals surface area contributed by atoms with Crippen LogP contribution in [0.3, 0.4) is 0 Å². The number of benzene rings is 3. The quantitative estimate of drug-likeness (QED) is 0.158. The molecule has 10 nitrogen and oxygen atoms in total. The van der Waals surface area contributed by atoms with Crippen LogP contribution in [-0.2, 0) is 25.9 Å². The average Bonchev–Trinajstić information content (AvgIpc) is 3.48. The summed E-state index contributed by atoms with van der Waals surface area (Å²) in [6, 6.07) is 21.0. The molecule has 3 heterocycles. The van der Waals surface area contributed by atoms with E-state index in [1.54, 1.807) is 4.57 Å². The number of hydrogen-bond donors (Lipinski definition) is 0. The summed E-state index contributed by atoms with van der Waals surface area (Å²) in [5.41, 5.74) is 2.23. The number of aromatic nitrogens is 2. The zero-order valence-corrected chi connectivity index (χ0v) is 24.4. The van der Waals surface area contributed by atoms with Crippen molar-refractivity contribution in [3.8, 4) is 17.5 Å². The van der Waals surface area contributed by atoms with E-state index in [9.17, 15) is 23.3 Å². The molecule has 1 fully saturated rings. The topological polar surface area (TPSA) is 95.1 Å². The molecule has 45 heavy (non-hydrogen) atoms. The first-order valence-corrected chi connectivity index (χ1v) is 14.7. The van der Waals surface area contributed by atoms with Crippen molar-refractivity contribution in [3.05, 3.63) is 106 Å². The Morgan fingerprint density at radius 3 is 2.38 bits per heavy atom. The average molecular weight is 624 g/mol. The molecule has 1 atom stereocenters. The van der Waals surface area contributed by atoms with Crippen LogP contribution >= 0.6 is 0 Å². The maximum Gasteiger partial charge on any atom is 0.416 e. The minimum Gasteiger partial charge on any atom is -0.490 e. The Hall–Kier alpha value is -4.78. The number of nitrogens with zero attached hydrogens (tertiary/aromatic N) is 5. The van der Waals surface area contributed by atoms with Crippen molar-refractivity contribution < 1.29 is 32.3 Å². The van der Waals surface area contributed by atoms with Gasteiger partial charge in [-0.1, -0.05) is 24.3 Å². The highest BCUT2D eigenvalue weighted by molar-refractivity contribution is 5.49. The highest BCUT2D eigenvalue weighted by atomic mass is 19.4. The highest BCUT2D eigenvalue weighted by Gasteiger charge is 2.30. The van der Waals surface area contributed by atoms with Crippen molar-refractivity contribution in [1.82, 2.24) is 14.5 Å². The molecule has 6 rings (SSSR count). The number of halogens is 3. The molecular weight excluding hydrogens is 591 g/mol. The summed E-state index contributed by atoms with van der Waals surface area (Å²) in [5.74, 6) is 1.18. The van der Waals surface area contributed by atoms with Gasteiger partial charge in [-0.3, -0.25) is 9.47 Å². The van der Waals surface area contributed by atoms with Gasteiger partial charge in [0.2, 0.25) is 0 Å². The first-order chi connectivity index (χ1) is 21.7. The molecule has 0 bridgehead atoms. The third-order valence-electron chi connectivity index (χ3n) is 7.88. The standard InChI is InChI=1S/C32H32F3N5O5/c33-32(34,35)25-6-4-23(5-7-25)21-43-28-3-1-2-24(18-28)19-37-14-16-38(17-15-37)26-8-10-27(11-9-26)44-22-29-12-13-39-20-30(40(41)42)36-31(39)45-29/h1-11,18,20,29H,12-17,19,21-22H2/t29-/m1/s1. The summed E-state index contributed by atoms with van der Waals surface area (Å²) < 4.78 is 57.6. The smallest absolute Gasteiger partial charge is 0.416 e. The highest BCUT2D eigenvalue weighted by Crippen LogP contribution is 2.30. The lowest BCUT2D eigenvalue weighted by molar-refractivity contribution is -0.389. The summed E-state index contributed by atoms with van der Waals surface area (Å²) in [7, 11) is 0. The van der Waals surface area contributed by atoms with Crippen molar-refractivity contribution in [3.63, 3.8) is 0 Å². The van der Waals surface area contributed by atoms with Gasteiger partial charge in [-0.2, -0.15) is 13.2 Å². The molecule has 4 aromatic rings. The van der Waals surface area contributed by atoms with Gasteiger partial charge in [-0.05, 0) is 64.6 Å². The Kier molecular flexibility index (Phi) is 8.78. The Labute approximate surface area is 257 Å². The maximum atomic E-state index is 12.8. The predicted octanol–water partition coefficient (Wildman–Crippen LogP) is 5.94. The molecule has 2 aliphatic heterocycles. The minimum absolute atomic E-state index is 0.192. The van der Waals surface area contributed by atoms with Crippen LogP contribution in [0.5, 0.6) is 17.5 Å². The van der Waals surface area contributed by atoms with Crippen molar-refractivity contribution in [2.24, 2.45) is 0 Å². The van der Waals surface area contributed by atoms with Crippen LogP contribution in [0.2, 0.25) is 0 Å². The molecule has 0 N–H and O–H groups in total. The van der Waals surface area contributed by atoms with Crippen molar-refractivity contribution >= 4 is 11.5 Å². The third-order valence-corrected chi connectivity index (χ3v) is 7.88. The van der Waals surface area contributed by atoms with E-state index in [4.69, 9.17) is 14.2 Å². The Morgan fingerprint density at radius 2 is 1.67 bits per heavy atom. The van der Waals surface area contributed by atoms with E-state index in [1.165, 1.54) is 18.3 Å². The molecule has 13 heteroatoms. The van der Waals surface area contributed by atoms with Gasteiger partial charge < -0.3 is 29.2 Å². The Balaban J connectivity index is 0.936. The molecule has 2 aliphatic rings. The van der Waals surface area contributed by atoms with E-state index in [0.717, 1.165) is 61.9 Å². The van der Waals surface area contributed by atoms with Gasteiger partial charge in [0.1, 0.15) is 37.0 Å². The van der Waals surface area contributed by atoms with E-state index in [0.29, 0.717) is 30.9 Å². The number of piperazine rings is 1. The summed E-state index contributed by atoms with van der Waals surface area (Å²) in [6.45, 7) is 5.40. The van der Waals surface area contributed by atoms with Crippen LogP contribution in [0.25, 0.3) is 0 Å². The SMILES string of the molecule is O=[N+]([O-])c1cn2c(n1)O[C@@H](COc1ccc(N3CCN(Cc4cccc(OCc5ccc(C(F)(F)F)cc5)c4)CC3)cc1)CC2. The summed E-state index contributed by atoms with van der Waals surface area (Å²) in [6.07, 6.45) is -2.53. The van der Waals surface area contributed by atoms with Crippen LogP contribution in [0, 0.1) is 10.1 Å². The van der Waals surface area contributed by atoms with E-state index in [-0.39, 0.29) is 24.5 Å². The fourth-order valence-electron chi connectivity index (χ4n) is 5.39. The first kappa shape index (κ1) is 30.3. The van der Waals surface area contributed by atoms with Gasteiger partial charge in [0.05, 0.1) is 5.56 Å². The zero-order valence-electron chi connectivity index (χ0n) is 24.4. The zero-order chi connectivity index (χ0) is 31.4. The fraction of sp³-hybridized carbons (Fsp3) is 0.344. The lowest BCUT2D eigenvalue weighted by Gasteiger charge is -2.36. The number of anilines is 1. The second-order valence-electron chi connectivity index (χ2n) is 11.1. The van der Waals surface area contributed by atoms with Crippen LogP contribution in [0.1, 0.15) is 23.1 Å². The molecule has 0 saturated carbocycles. The molecule has 0 radical (unpaired) electrons. The molecule has 1 saturated heterocycles. The molecule has 1 aromatic heterocycles. The number of fused-ring (bicyclic) bond motifs is 1. The summed E-state index contributed by atoms with van der Waals surface area (Å²) in [4.78, 5) is 19.1. The van der Waals surface area contributed by atoms with Gasteiger partial charge in [-0.15, -0.1) is 0 Å². The van der Waals surface area contributed by atoms with Crippen molar-refractivity contribution in [2.75, 3.05) is 37.7 Å². The van der Waals surface area contributed by atoms with Crippen LogP contribution in [0.15, 0.2) is 79.0 Å². The number of hydrogen-bond acceptors (Lipinski definition) is 8. The molecule has 236 valence electrons. The molecule has 0 spiro atoms. The van der Waals surface area contributed by atoms with Crippen molar-refractivity contribution in [1.29, 1.82) is 0 Å². The number of imidazole rings is 1. The van der Waals surface area contributed by atoms with E-state index >= 15 is 0 Å². The van der Waals surface area contributed by atoms with Gasteiger partial charge in [0, 0.05) is 56.4 Å². The Bertz CT molecular complexity index is 1600. The maximum absolute atomic E-state index is 12.8. The number of nitro groups is 1. The van der Waals surface area contributed by atoms with Gasteiger partial charge >= 0.3 is 18.0 Å². The number of aryl methyl sites for hydroxylation is 1.